The van der Waals surface area contributed by atoms with Gasteiger partial charge in [-0.25, -0.2) is 5.01 Å². The lowest BCUT2D eigenvalue weighted by atomic mass is 9.95. The van der Waals surface area contributed by atoms with Crippen LogP contribution >= 0.6 is 11.3 Å². The van der Waals surface area contributed by atoms with Gasteiger partial charge in [0.05, 0.1) is 12.4 Å². The number of amides is 1. The summed E-state index contributed by atoms with van der Waals surface area (Å²) in [6.45, 7) is 3.14. The van der Waals surface area contributed by atoms with Gasteiger partial charge in [-0.3, -0.25) is 4.79 Å². The molecule has 0 saturated carbocycles. The third kappa shape index (κ3) is 2.78. The summed E-state index contributed by atoms with van der Waals surface area (Å²) in [5.41, 5.74) is 3.45. The molecule has 1 amide bonds. The van der Waals surface area contributed by atoms with Gasteiger partial charge in [-0.2, -0.15) is 0 Å². The van der Waals surface area contributed by atoms with Crippen molar-refractivity contribution in [1.82, 2.24) is 15.6 Å². The Labute approximate surface area is 143 Å². The van der Waals surface area contributed by atoms with E-state index in [1.807, 2.05) is 33.6 Å². The summed E-state index contributed by atoms with van der Waals surface area (Å²) in [5, 5.41) is 8.65. The van der Waals surface area contributed by atoms with E-state index < -0.39 is 0 Å². The number of rotatable bonds is 3. The third-order valence-corrected chi connectivity index (χ3v) is 5.22. The monoisotopic (exact) mass is 346 g/mol. The molecule has 0 radical (unpaired) electrons. The summed E-state index contributed by atoms with van der Waals surface area (Å²) in [5.74, 6) is 1.58. The largest absolute Gasteiger partial charge is 0.391 e. The van der Waals surface area contributed by atoms with Gasteiger partial charge < -0.3 is 14.3 Å². The first-order valence-electron chi connectivity index (χ1n) is 7.90. The van der Waals surface area contributed by atoms with Crippen molar-refractivity contribution in [2.75, 3.05) is 18.1 Å². The number of nitrogens with zero attached hydrogens (tertiary/aromatic N) is 3. The number of likely N-dealkylation sites (tertiary alicyclic amines) is 1. The van der Waals surface area contributed by atoms with Gasteiger partial charge in [0.15, 0.2) is 0 Å². The highest BCUT2D eigenvalue weighted by Gasteiger charge is 2.32. The van der Waals surface area contributed by atoms with E-state index in [1.165, 1.54) is 6.20 Å². The highest BCUT2D eigenvalue weighted by molar-refractivity contribution is 7.14. The Bertz CT molecular complexity index is 755. The molecule has 4 rings (SSSR count). The minimum absolute atomic E-state index is 0.0277. The van der Waals surface area contributed by atoms with Crippen molar-refractivity contribution in [3.05, 3.63) is 47.0 Å². The van der Waals surface area contributed by atoms with Crippen molar-refractivity contribution >= 4 is 22.2 Å². The highest BCUT2D eigenvalue weighted by Crippen LogP contribution is 2.30. The van der Waals surface area contributed by atoms with E-state index in [0.717, 1.165) is 30.1 Å². The lowest BCUT2D eigenvalue weighted by molar-refractivity contribution is 0.0577. The minimum Gasteiger partial charge on any atom is -0.391 e. The second-order valence-corrected chi connectivity index (χ2v) is 6.86. The number of aryl methyl sites for hydroxylation is 1. The molecule has 2 aromatic rings. The summed E-state index contributed by atoms with van der Waals surface area (Å²) >= 11 is 1.63. The first-order valence-corrected chi connectivity index (χ1v) is 8.78. The van der Waals surface area contributed by atoms with E-state index in [1.54, 1.807) is 18.3 Å². The standard InChI is InChI=1S/C16H18N4O3S/c1-11-13(8-17-22-11)16(21)19-6-2-4-12(9-19)14-10-20(18-23-14)15-5-3-7-24-15/h3,5,7-8,10,12,18H,2,4,6,9H2,1H3. The summed E-state index contributed by atoms with van der Waals surface area (Å²) in [4.78, 5) is 20.1. The van der Waals surface area contributed by atoms with Crippen LogP contribution in [0.3, 0.4) is 0 Å². The molecule has 0 aliphatic carbocycles. The molecule has 126 valence electrons. The van der Waals surface area contributed by atoms with Gasteiger partial charge in [0.2, 0.25) is 0 Å². The minimum atomic E-state index is -0.0277. The molecule has 1 saturated heterocycles. The molecule has 0 aromatic carbocycles. The molecule has 0 spiro atoms. The summed E-state index contributed by atoms with van der Waals surface area (Å²) < 4.78 is 5.01. The van der Waals surface area contributed by atoms with Crippen molar-refractivity contribution in [2.45, 2.75) is 19.8 Å². The molecule has 0 bridgehead atoms. The van der Waals surface area contributed by atoms with Crippen LogP contribution in [0.4, 0.5) is 5.00 Å². The smallest absolute Gasteiger partial charge is 0.259 e. The van der Waals surface area contributed by atoms with E-state index in [-0.39, 0.29) is 11.8 Å². The summed E-state index contributed by atoms with van der Waals surface area (Å²) in [7, 11) is 0. The number of anilines is 1. The molecule has 1 N–H and O–H groups in total. The molecule has 1 atom stereocenters. The Kier molecular flexibility index (Phi) is 3.99. The van der Waals surface area contributed by atoms with Crippen molar-refractivity contribution in [3.8, 4) is 0 Å². The molecule has 4 heterocycles. The van der Waals surface area contributed by atoms with E-state index in [0.29, 0.717) is 17.9 Å². The fraction of sp³-hybridized carbons (Fsp3) is 0.375. The molecule has 1 fully saturated rings. The molecule has 2 aliphatic rings. The molecule has 1 unspecified atom stereocenters. The van der Waals surface area contributed by atoms with Gasteiger partial charge in [-0.05, 0) is 37.3 Å². The number of nitrogens with one attached hydrogen (secondary N) is 1. The van der Waals surface area contributed by atoms with Crippen LogP contribution in [0.25, 0.3) is 0 Å². The molecule has 24 heavy (non-hydrogen) atoms. The molecular weight excluding hydrogens is 328 g/mol. The van der Waals surface area contributed by atoms with Crippen LogP contribution in [0, 0.1) is 12.8 Å². The molecule has 7 nitrogen and oxygen atoms in total. The third-order valence-electron chi connectivity index (χ3n) is 4.35. The van der Waals surface area contributed by atoms with Crippen LogP contribution in [0.15, 0.2) is 40.2 Å². The van der Waals surface area contributed by atoms with Gasteiger partial charge in [0.1, 0.15) is 22.1 Å². The lowest BCUT2D eigenvalue weighted by Crippen LogP contribution is -2.40. The Hall–Kier alpha value is -2.32. The van der Waals surface area contributed by atoms with Crippen molar-refractivity contribution in [2.24, 2.45) is 5.92 Å². The van der Waals surface area contributed by atoms with Crippen molar-refractivity contribution in [3.63, 3.8) is 0 Å². The average Bonchev–Trinajstić information content (AvgIpc) is 3.35. The molecule has 8 heteroatoms. The second-order valence-electron chi connectivity index (χ2n) is 5.93. The predicted octanol–water partition coefficient (Wildman–Crippen LogP) is 2.69. The van der Waals surface area contributed by atoms with Gasteiger partial charge in [-0.1, -0.05) is 10.7 Å². The van der Waals surface area contributed by atoms with Crippen LogP contribution in [-0.2, 0) is 4.84 Å². The molecule has 2 aromatic heterocycles. The van der Waals surface area contributed by atoms with E-state index in [2.05, 4.69) is 10.7 Å². The first-order chi connectivity index (χ1) is 11.7. The second kappa shape index (κ2) is 6.29. The Morgan fingerprint density at radius 1 is 1.50 bits per heavy atom. The number of piperidine rings is 1. The fourth-order valence-corrected chi connectivity index (χ4v) is 3.71. The normalized spacial score (nSPS) is 20.9. The van der Waals surface area contributed by atoms with Crippen LogP contribution in [0.2, 0.25) is 0 Å². The number of carbonyl (C=O) groups excluding carboxylic acids is 1. The van der Waals surface area contributed by atoms with E-state index >= 15 is 0 Å². The van der Waals surface area contributed by atoms with Gasteiger partial charge in [-0.15, -0.1) is 11.3 Å². The Morgan fingerprint density at radius 2 is 2.42 bits per heavy atom. The number of hydrogen-bond donors (Lipinski definition) is 1. The topological polar surface area (TPSA) is 70.8 Å². The quantitative estimate of drug-likeness (QED) is 0.921. The van der Waals surface area contributed by atoms with E-state index in [9.17, 15) is 4.79 Å². The maximum atomic E-state index is 12.6. The van der Waals surface area contributed by atoms with Crippen LogP contribution in [0.1, 0.15) is 29.0 Å². The zero-order chi connectivity index (χ0) is 16.5. The SMILES string of the molecule is Cc1oncc1C(=O)N1CCCC(C2=CN(c3cccs3)NO2)C1. The van der Waals surface area contributed by atoms with Crippen LogP contribution < -0.4 is 10.6 Å². The molecular formula is C16H18N4O3S. The maximum absolute atomic E-state index is 12.6. The Balaban J connectivity index is 1.46. The number of aromatic nitrogens is 1. The predicted molar refractivity (Wildman–Crippen MR) is 89.0 cm³/mol. The van der Waals surface area contributed by atoms with Crippen LogP contribution in [0.5, 0.6) is 0 Å². The van der Waals surface area contributed by atoms with Crippen molar-refractivity contribution < 1.29 is 14.2 Å². The number of hydrazine groups is 1. The van der Waals surface area contributed by atoms with Crippen molar-refractivity contribution in [1.29, 1.82) is 0 Å². The zero-order valence-electron chi connectivity index (χ0n) is 13.3. The van der Waals surface area contributed by atoms with Gasteiger partial charge in [0.25, 0.3) is 5.91 Å². The molecule has 2 aliphatic heterocycles. The zero-order valence-corrected chi connectivity index (χ0v) is 14.1. The highest BCUT2D eigenvalue weighted by atomic mass is 32.1. The van der Waals surface area contributed by atoms with E-state index in [4.69, 9.17) is 9.36 Å². The fourth-order valence-electron chi connectivity index (χ4n) is 3.05. The first kappa shape index (κ1) is 15.2. The average molecular weight is 346 g/mol. The number of thiophene rings is 1. The van der Waals surface area contributed by atoms with Gasteiger partial charge >= 0.3 is 0 Å². The Morgan fingerprint density at radius 3 is 3.17 bits per heavy atom. The maximum Gasteiger partial charge on any atom is 0.259 e. The van der Waals surface area contributed by atoms with Gasteiger partial charge in [0, 0.05) is 19.0 Å². The van der Waals surface area contributed by atoms with Crippen LogP contribution in [-0.4, -0.2) is 29.1 Å². The summed E-state index contributed by atoms with van der Waals surface area (Å²) in [6.07, 6.45) is 5.40. The number of carbonyl (C=O) groups is 1. The number of hydrogen-bond acceptors (Lipinski definition) is 7. The lowest BCUT2D eigenvalue weighted by Gasteiger charge is -2.32. The summed E-state index contributed by atoms with van der Waals surface area (Å²) in [6, 6.07) is 4.02.